The van der Waals surface area contributed by atoms with Crippen molar-refractivity contribution in [2.24, 2.45) is 0 Å². The fraction of sp³-hybridized carbons (Fsp3) is 0.217. The van der Waals surface area contributed by atoms with Gasteiger partial charge in [-0.05, 0) is 69.5 Å². The van der Waals surface area contributed by atoms with Crippen molar-refractivity contribution in [1.29, 1.82) is 0 Å². The Morgan fingerprint density at radius 2 is 1.03 bits per heavy atom. The van der Waals surface area contributed by atoms with Crippen LogP contribution >= 0.6 is 0 Å². The van der Waals surface area contributed by atoms with Crippen LogP contribution in [0.25, 0.3) is 0 Å². The standard InChI is InChI=1S/C23H24O4S2/c1-3-12-20(28(24,25)22-14-7-5-8-15-22)18-11-19-21(13-4-2)29(26,27)23-16-9-6-10-17-23/h3-10,14-17H,11,18-19H2,1-2H3. The minimum atomic E-state index is -3.67. The van der Waals surface area contributed by atoms with E-state index >= 15 is 0 Å². The zero-order chi connectivity index (χ0) is 21.3. The quantitative estimate of drug-likeness (QED) is 0.541. The second kappa shape index (κ2) is 10.2. The molecule has 29 heavy (non-hydrogen) atoms. The number of benzene rings is 2. The molecule has 2 aromatic rings. The molecule has 0 aliphatic heterocycles. The van der Waals surface area contributed by atoms with Gasteiger partial charge < -0.3 is 0 Å². The van der Waals surface area contributed by atoms with E-state index in [1.807, 2.05) is 0 Å². The van der Waals surface area contributed by atoms with Gasteiger partial charge in [0.1, 0.15) is 0 Å². The molecule has 0 radical (unpaired) electrons. The lowest BCUT2D eigenvalue weighted by Crippen LogP contribution is -2.07. The van der Waals surface area contributed by atoms with Crippen LogP contribution < -0.4 is 0 Å². The summed E-state index contributed by atoms with van der Waals surface area (Å²) < 4.78 is 51.5. The molecule has 0 heterocycles. The maximum absolute atomic E-state index is 12.9. The van der Waals surface area contributed by atoms with Crippen molar-refractivity contribution in [3.8, 4) is 0 Å². The van der Waals surface area contributed by atoms with Crippen LogP contribution in [0.15, 0.2) is 104 Å². The Kier molecular flexibility index (Phi) is 8.00. The molecule has 0 fully saturated rings. The van der Waals surface area contributed by atoms with Gasteiger partial charge in [-0.3, -0.25) is 0 Å². The van der Waals surface area contributed by atoms with Gasteiger partial charge in [-0.25, -0.2) is 16.8 Å². The molecule has 152 valence electrons. The highest BCUT2D eigenvalue weighted by Gasteiger charge is 2.23. The van der Waals surface area contributed by atoms with Crippen LogP contribution in [0.3, 0.4) is 0 Å². The molecule has 0 aliphatic carbocycles. The van der Waals surface area contributed by atoms with Gasteiger partial charge >= 0.3 is 0 Å². The molecule has 2 rings (SSSR count). The van der Waals surface area contributed by atoms with E-state index in [1.54, 1.807) is 62.4 Å². The average molecular weight is 429 g/mol. The SMILES string of the molecule is CC=C=C(CCCC(=C=CC)S(=O)(=O)c1ccccc1)S(=O)(=O)c1ccccc1. The normalized spacial score (nSPS) is 11.1. The number of hydrogen-bond donors (Lipinski definition) is 0. The summed E-state index contributed by atoms with van der Waals surface area (Å²) in [5.74, 6) is 0. The van der Waals surface area contributed by atoms with Crippen LogP contribution in [0.2, 0.25) is 0 Å². The first-order valence-electron chi connectivity index (χ1n) is 9.24. The largest absolute Gasteiger partial charge is 0.218 e. The zero-order valence-corrected chi connectivity index (χ0v) is 18.1. The second-order valence-electron chi connectivity index (χ2n) is 6.20. The predicted molar refractivity (Wildman–Crippen MR) is 116 cm³/mol. The van der Waals surface area contributed by atoms with Crippen LogP contribution in [0.1, 0.15) is 33.1 Å². The number of hydrogen-bond acceptors (Lipinski definition) is 4. The van der Waals surface area contributed by atoms with E-state index in [2.05, 4.69) is 11.5 Å². The lowest BCUT2D eigenvalue weighted by atomic mass is 10.2. The molecule has 0 saturated heterocycles. The Bertz CT molecular complexity index is 1070. The molecular weight excluding hydrogens is 404 g/mol. The summed E-state index contributed by atoms with van der Waals surface area (Å²) in [4.78, 5) is 0.683. The van der Waals surface area contributed by atoms with E-state index in [0.717, 1.165) is 0 Å². The van der Waals surface area contributed by atoms with Gasteiger partial charge in [-0.1, -0.05) is 36.4 Å². The summed E-state index contributed by atoms with van der Waals surface area (Å²) >= 11 is 0. The highest BCUT2D eigenvalue weighted by molar-refractivity contribution is 7.95. The van der Waals surface area contributed by atoms with Crippen LogP contribution in [0.5, 0.6) is 0 Å². The van der Waals surface area contributed by atoms with Gasteiger partial charge in [0, 0.05) is 0 Å². The highest BCUT2D eigenvalue weighted by atomic mass is 32.2. The van der Waals surface area contributed by atoms with Crippen molar-refractivity contribution in [2.45, 2.75) is 42.9 Å². The molecule has 0 aromatic heterocycles. The number of rotatable bonds is 8. The molecule has 0 bridgehead atoms. The van der Waals surface area contributed by atoms with E-state index in [0.29, 0.717) is 6.42 Å². The van der Waals surface area contributed by atoms with Gasteiger partial charge in [0.2, 0.25) is 19.7 Å². The molecule has 4 nitrogen and oxygen atoms in total. The number of allylic oxidation sites excluding steroid dienone is 2. The lowest BCUT2D eigenvalue weighted by molar-refractivity contribution is 0.598. The Balaban J connectivity index is 2.25. The molecule has 0 spiro atoms. The van der Waals surface area contributed by atoms with Crippen LogP contribution in [-0.2, 0) is 19.7 Å². The summed E-state index contributed by atoms with van der Waals surface area (Å²) in [6, 6.07) is 16.3. The third-order valence-corrected chi connectivity index (χ3v) is 7.90. The van der Waals surface area contributed by atoms with Crippen molar-refractivity contribution < 1.29 is 16.8 Å². The smallest absolute Gasteiger partial charge is 0.210 e. The summed E-state index contributed by atoms with van der Waals surface area (Å²) in [7, 11) is -7.35. The van der Waals surface area contributed by atoms with Crippen molar-refractivity contribution in [2.75, 3.05) is 0 Å². The van der Waals surface area contributed by atoms with Crippen molar-refractivity contribution >= 4 is 19.7 Å². The Hall–Kier alpha value is -2.62. The van der Waals surface area contributed by atoms with Gasteiger partial charge in [0.05, 0.1) is 19.6 Å². The zero-order valence-electron chi connectivity index (χ0n) is 16.5. The van der Waals surface area contributed by atoms with Gasteiger partial charge in [0.15, 0.2) is 0 Å². The predicted octanol–water partition coefficient (Wildman–Crippen LogP) is 5.22. The minimum absolute atomic E-state index is 0.142. The summed E-state index contributed by atoms with van der Waals surface area (Å²) in [6.07, 6.45) is 3.81. The molecule has 0 amide bonds. The first kappa shape index (κ1) is 22.7. The Labute approximate surface area is 173 Å². The molecule has 0 unspecified atom stereocenters. The topological polar surface area (TPSA) is 68.3 Å². The summed E-state index contributed by atoms with van der Waals surface area (Å²) in [5, 5.41) is 0. The minimum Gasteiger partial charge on any atom is -0.218 e. The van der Waals surface area contributed by atoms with E-state index < -0.39 is 19.7 Å². The van der Waals surface area contributed by atoms with Crippen molar-refractivity contribution in [1.82, 2.24) is 0 Å². The summed E-state index contributed by atoms with van der Waals surface area (Å²) in [6.45, 7) is 3.40. The molecular formula is C23H24O4S2. The maximum atomic E-state index is 12.9. The molecule has 0 N–H and O–H groups in total. The monoisotopic (exact) mass is 428 g/mol. The first-order valence-corrected chi connectivity index (χ1v) is 12.2. The van der Waals surface area contributed by atoms with E-state index in [4.69, 9.17) is 0 Å². The molecule has 0 saturated carbocycles. The van der Waals surface area contributed by atoms with Crippen molar-refractivity contribution in [3.63, 3.8) is 0 Å². The van der Waals surface area contributed by atoms with E-state index in [1.165, 1.54) is 24.3 Å². The third kappa shape index (κ3) is 5.69. The van der Waals surface area contributed by atoms with E-state index in [-0.39, 0.29) is 32.4 Å². The first-order chi connectivity index (χ1) is 13.8. The highest BCUT2D eigenvalue weighted by Crippen LogP contribution is 2.26. The average Bonchev–Trinajstić information content (AvgIpc) is 2.73. The van der Waals surface area contributed by atoms with E-state index in [9.17, 15) is 16.8 Å². The fourth-order valence-corrected chi connectivity index (χ4v) is 5.76. The number of sulfone groups is 2. The van der Waals surface area contributed by atoms with Crippen molar-refractivity contribution in [3.05, 3.63) is 94.1 Å². The van der Waals surface area contributed by atoms with Gasteiger partial charge in [-0.15, -0.1) is 11.5 Å². The second-order valence-corrected chi connectivity index (χ2v) is 10.1. The molecule has 6 heteroatoms. The van der Waals surface area contributed by atoms with Gasteiger partial charge in [-0.2, -0.15) is 0 Å². The summed E-state index contributed by atoms with van der Waals surface area (Å²) in [5.41, 5.74) is 5.63. The lowest BCUT2D eigenvalue weighted by Gasteiger charge is -2.09. The Morgan fingerprint density at radius 1 is 0.690 bits per heavy atom. The molecule has 0 atom stereocenters. The Morgan fingerprint density at radius 3 is 1.34 bits per heavy atom. The van der Waals surface area contributed by atoms with Crippen LogP contribution in [-0.4, -0.2) is 16.8 Å². The van der Waals surface area contributed by atoms with Gasteiger partial charge in [0.25, 0.3) is 0 Å². The molecule has 0 aliphatic rings. The third-order valence-electron chi connectivity index (χ3n) is 4.17. The fourth-order valence-electron chi connectivity index (χ4n) is 2.78. The van der Waals surface area contributed by atoms with Crippen LogP contribution in [0, 0.1) is 0 Å². The molecule has 2 aromatic carbocycles. The maximum Gasteiger partial charge on any atom is 0.210 e. The van der Waals surface area contributed by atoms with Crippen LogP contribution in [0.4, 0.5) is 0 Å².